The third-order valence-electron chi connectivity index (χ3n) is 2.91. The Bertz CT molecular complexity index is 665. The quantitative estimate of drug-likeness (QED) is 0.872. The molecule has 0 spiro atoms. The van der Waals surface area contributed by atoms with E-state index in [0.717, 1.165) is 21.5 Å². The average Bonchev–Trinajstić information content (AvgIpc) is 2.35. The molecule has 0 saturated carbocycles. The summed E-state index contributed by atoms with van der Waals surface area (Å²) in [4.78, 5) is 16.3. The maximum Gasteiger partial charge on any atom is 0.254 e. The van der Waals surface area contributed by atoms with E-state index in [-0.39, 0.29) is 5.56 Å². The van der Waals surface area contributed by atoms with Crippen LogP contribution in [0.4, 0.5) is 0 Å². The van der Waals surface area contributed by atoms with Crippen molar-refractivity contribution in [3.05, 3.63) is 56.2 Å². The van der Waals surface area contributed by atoms with Crippen LogP contribution in [0.25, 0.3) is 0 Å². The van der Waals surface area contributed by atoms with Crippen LogP contribution in [-0.2, 0) is 6.54 Å². The number of benzene rings is 1. The van der Waals surface area contributed by atoms with Crippen molar-refractivity contribution in [3.8, 4) is 5.75 Å². The van der Waals surface area contributed by atoms with Gasteiger partial charge in [0.05, 0.1) is 13.7 Å². The predicted molar refractivity (Wildman–Crippen MR) is 77.8 cm³/mol. The molecule has 0 aliphatic heterocycles. The number of methoxy groups -OCH3 is 1. The summed E-state index contributed by atoms with van der Waals surface area (Å²) in [5, 5.41) is 0. The van der Waals surface area contributed by atoms with E-state index < -0.39 is 0 Å². The molecule has 0 aliphatic rings. The second kappa shape index (κ2) is 5.57. The van der Waals surface area contributed by atoms with Crippen LogP contribution in [0.3, 0.4) is 0 Å². The fraction of sp³-hybridized carbons (Fsp3) is 0.286. The number of aromatic nitrogens is 2. The first-order valence-electron chi connectivity index (χ1n) is 5.89. The Morgan fingerprint density at radius 1 is 1.32 bits per heavy atom. The van der Waals surface area contributed by atoms with E-state index in [1.54, 1.807) is 17.7 Å². The summed E-state index contributed by atoms with van der Waals surface area (Å²) < 4.78 is 7.79. The fourth-order valence-corrected chi connectivity index (χ4v) is 2.30. The molecule has 2 rings (SSSR count). The molecule has 1 heterocycles. The Labute approximate surface area is 120 Å². The molecule has 0 fully saturated rings. The number of ether oxygens (including phenoxy) is 1. The van der Waals surface area contributed by atoms with E-state index in [1.165, 1.54) is 0 Å². The highest BCUT2D eigenvalue weighted by molar-refractivity contribution is 9.10. The van der Waals surface area contributed by atoms with Gasteiger partial charge in [0.2, 0.25) is 0 Å². The number of aryl methyl sites for hydroxylation is 2. The predicted octanol–water partition coefficient (Wildman–Crippen LogP) is 2.68. The smallest absolute Gasteiger partial charge is 0.254 e. The normalized spacial score (nSPS) is 10.5. The van der Waals surface area contributed by atoms with Crippen LogP contribution < -0.4 is 10.3 Å². The molecule has 0 bridgehead atoms. The van der Waals surface area contributed by atoms with Gasteiger partial charge in [0.1, 0.15) is 11.6 Å². The van der Waals surface area contributed by atoms with Gasteiger partial charge in [-0.05, 0) is 37.6 Å². The van der Waals surface area contributed by atoms with Crippen LogP contribution in [0.1, 0.15) is 17.1 Å². The average molecular weight is 323 g/mol. The van der Waals surface area contributed by atoms with Gasteiger partial charge in [0.25, 0.3) is 5.56 Å². The van der Waals surface area contributed by atoms with E-state index in [0.29, 0.717) is 12.4 Å². The van der Waals surface area contributed by atoms with Gasteiger partial charge < -0.3 is 4.74 Å². The van der Waals surface area contributed by atoms with Crippen molar-refractivity contribution in [2.75, 3.05) is 7.11 Å². The summed E-state index contributed by atoms with van der Waals surface area (Å²) in [7, 11) is 1.62. The van der Waals surface area contributed by atoms with E-state index in [4.69, 9.17) is 4.74 Å². The topological polar surface area (TPSA) is 44.1 Å². The summed E-state index contributed by atoms with van der Waals surface area (Å²) in [6.45, 7) is 4.12. The molecule has 0 amide bonds. The van der Waals surface area contributed by atoms with Crippen molar-refractivity contribution in [1.29, 1.82) is 0 Å². The van der Waals surface area contributed by atoms with Crippen molar-refractivity contribution >= 4 is 15.9 Å². The third-order valence-corrected chi connectivity index (χ3v) is 3.68. The zero-order valence-corrected chi connectivity index (χ0v) is 12.7. The van der Waals surface area contributed by atoms with Gasteiger partial charge in [0, 0.05) is 16.2 Å². The second-order valence-corrected chi connectivity index (χ2v) is 5.18. The standard InChI is InChI=1S/C14H15BrN2O2/c1-9-6-14(18)17(10(2)16-9)8-11-7-12(19-3)4-5-13(11)15/h4-7H,8H2,1-3H3. The van der Waals surface area contributed by atoms with Crippen LogP contribution >= 0.6 is 15.9 Å². The highest BCUT2D eigenvalue weighted by Crippen LogP contribution is 2.23. The number of nitrogens with zero attached hydrogens (tertiary/aromatic N) is 2. The van der Waals surface area contributed by atoms with Crippen LogP contribution in [0.15, 0.2) is 33.5 Å². The van der Waals surface area contributed by atoms with E-state index in [9.17, 15) is 4.79 Å². The van der Waals surface area contributed by atoms with Gasteiger partial charge in [-0.25, -0.2) is 4.98 Å². The summed E-state index contributed by atoms with van der Waals surface area (Å²) in [5.41, 5.74) is 1.68. The highest BCUT2D eigenvalue weighted by atomic mass is 79.9. The molecular weight excluding hydrogens is 308 g/mol. The SMILES string of the molecule is COc1ccc(Br)c(Cn2c(C)nc(C)cc2=O)c1. The van der Waals surface area contributed by atoms with E-state index >= 15 is 0 Å². The summed E-state index contributed by atoms with van der Waals surface area (Å²) in [5.74, 6) is 1.48. The molecule has 2 aromatic rings. The van der Waals surface area contributed by atoms with Crippen molar-refractivity contribution < 1.29 is 4.74 Å². The van der Waals surface area contributed by atoms with Crippen LogP contribution in [0.5, 0.6) is 5.75 Å². The molecule has 0 unspecified atom stereocenters. The first-order valence-corrected chi connectivity index (χ1v) is 6.68. The van der Waals surface area contributed by atoms with Gasteiger partial charge in [-0.3, -0.25) is 9.36 Å². The largest absolute Gasteiger partial charge is 0.497 e. The molecule has 1 aromatic heterocycles. The lowest BCUT2D eigenvalue weighted by atomic mass is 10.2. The Kier molecular flexibility index (Phi) is 4.04. The lowest BCUT2D eigenvalue weighted by Crippen LogP contribution is -2.24. The Morgan fingerprint density at radius 2 is 2.05 bits per heavy atom. The van der Waals surface area contributed by atoms with Crippen LogP contribution in [0, 0.1) is 13.8 Å². The van der Waals surface area contributed by atoms with Crippen molar-refractivity contribution in [3.63, 3.8) is 0 Å². The maximum atomic E-state index is 12.0. The van der Waals surface area contributed by atoms with Crippen molar-refractivity contribution in [2.24, 2.45) is 0 Å². The number of hydrogen-bond acceptors (Lipinski definition) is 3. The van der Waals surface area contributed by atoms with Gasteiger partial charge in [-0.2, -0.15) is 0 Å². The number of rotatable bonds is 3. The van der Waals surface area contributed by atoms with Crippen molar-refractivity contribution in [1.82, 2.24) is 9.55 Å². The zero-order valence-electron chi connectivity index (χ0n) is 11.1. The molecule has 19 heavy (non-hydrogen) atoms. The second-order valence-electron chi connectivity index (χ2n) is 4.33. The molecule has 0 atom stereocenters. The minimum atomic E-state index is -0.0419. The van der Waals surface area contributed by atoms with Crippen LogP contribution in [0.2, 0.25) is 0 Å². The van der Waals surface area contributed by atoms with Crippen LogP contribution in [-0.4, -0.2) is 16.7 Å². The summed E-state index contributed by atoms with van der Waals surface area (Å²) >= 11 is 3.49. The van der Waals surface area contributed by atoms with Gasteiger partial charge in [-0.15, -0.1) is 0 Å². The Hall–Kier alpha value is -1.62. The van der Waals surface area contributed by atoms with Crippen molar-refractivity contribution in [2.45, 2.75) is 20.4 Å². The minimum Gasteiger partial charge on any atom is -0.497 e. The molecule has 0 aliphatic carbocycles. The molecule has 0 saturated heterocycles. The molecule has 100 valence electrons. The van der Waals surface area contributed by atoms with Gasteiger partial charge in [-0.1, -0.05) is 15.9 Å². The number of halogens is 1. The number of hydrogen-bond donors (Lipinski definition) is 0. The Balaban J connectivity index is 2.44. The molecule has 1 aromatic carbocycles. The fourth-order valence-electron chi connectivity index (χ4n) is 1.93. The molecular formula is C14H15BrN2O2. The minimum absolute atomic E-state index is 0.0419. The Morgan fingerprint density at radius 3 is 2.68 bits per heavy atom. The van der Waals surface area contributed by atoms with Gasteiger partial charge >= 0.3 is 0 Å². The lowest BCUT2D eigenvalue weighted by molar-refractivity contribution is 0.414. The van der Waals surface area contributed by atoms with Gasteiger partial charge in [0.15, 0.2) is 0 Å². The summed E-state index contributed by atoms with van der Waals surface area (Å²) in [6.07, 6.45) is 0. The molecule has 5 heteroatoms. The molecule has 0 radical (unpaired) electrons. The lowest BCUT2D eigenvalue weighted by Gasteiger charge is -2.12. The first-order chi connectivity index (χ1) is 9.01. The highest BCUT2D eigenvalue weighted by Gasteiger charge is 2.07. The third kappa shape index (κ3) is 3.04. The van der Waals surface area contributed by atoms with E-state index in [1.807, 2.05) is 32.0 Å². The van der Waals surface area contributed by atoms with E-state index in [2.05, 4.69) is 20.9 Å². The zero-order chi connectivity index (χ0) is 14.0. The molecule has 0 N–H and O–H groups in total. The maximum absolute atomic E-state index is 12.0. The first kappa shape index (κ1) is 13.8. The monoisotopic (exact) mass is 322 g/mol. The summed E-state index contributed by atoms with van der Waals surface area (Å²) in [6, 6.07) is 7.24. The molecule has 4 nitrogen and oxygen atoms in total.